The van der Waals surface area contributed by atoms with Gasteiger partial charge in [0.05, 0.1) is 37.3 Å². The van der Waals surface area contributed by atoms with E-state index in [2.05, 4.69) is 83.7 Å². The molecule has 0 spiro atoms. The first-order chi connectivity index (χ1) is 54.2. The number of imidazole rings is 1. The lowest BCUT2D eigenvalue weighted by Crippen LogP contribution is -2.61. The highest BCUT2D eigenvalue weighted by Gasteiger charge is 2.39. The van der Waals surface area contributed by atoms with Crippen molar-refractivity contribution >= 4 is 127 Å². The molecule has 1 saturated heterocycles. The van der Waals surface area contributed by atoms with Gasteiger partial charge in [-0.25, -0.2) is 4.98 Å². The molecular formula is C78H103N19O15S. The van der Waals surface area contributed by atoms with Gasteiger partial charge in [-0.15, -0.1) is 11.8 Å². The number of fused-ring (bicyclic) bond motifs is 3. The van der Waals surface area contributed by atoms with E-state index in [-0.39, 0.29) is 69.4 Å². The molecule has 22 N–H and O–H groups in total. The third kappa shape index (κ3) is 25.4. The minimum Gasteiger partial charge on any atom is -0.394 e. The Kier molecular flexibility index (Phi) is 32.8. The Balaban J connectivity index is 1.15. The van der Waals surface area contributed by atoms with Gasteiger partial charge in [0.1, 0.15) is 66.5 Å². The van der Waals surface area contributed by atoms with Gasteiger partial charge in [-0.3, -0.25) is 67.1 Å². The molecule has 8 rings (SSSR count). The second kappa shape index (κ2) is 42.6. The van der Waals surface area contributed by atoms with Crippen LogP contribution in [0, 0.1) is 11.8 Å². The van der Waals surface area contributed by atoms with E-state index in [0.29, 0.717) is 57.8 Å². The summed E-state index contributed by atoms with van der Waals surface area (Å²) in [5.74, 6) is -15.3. The number of nitrogens with one attached hydrogen (secondary N) is 15. The van der Waals surface area contributed by atoms with Crippen molar-refractivity contribution in [2.45, 2.75) is 178 Å². The molecule has 3 aromatic heterocycles. The van der Waals surface area contributed by atoms with E-state index < -0.39 is 186 Å². The monoisotopic (exact) mass is 1580 g/mol. The molecule has 1 aliphatic heterocycles. The van der Waals surface area contributed by atoms with Gasteiger partial charge >= 0.3 is 0 Å². The fraction of sp³-hybridized carbons (Fsp3) is 0.449. The van der Waals surface area contributed by atoms with Crippen molar-refractivity contribution in [2.75, 3.05) is 31.2 Å². The van der Waals surface area contributed by atoms with Gasteiger partial charge < -0.3 is 101 Å². The molecule has 606 valence electrons. The Bertz CT molecular complexity index is 4510. The number of benzene rings is 4. The van der Waals surface area contributed by atoms with Gasteiger partial charge in [0.15, 0.2) is 0 Å². The number of nitrogens with two attached hydrogens (primary N) is 3. The number of carbonyl (C=O) groups excluding carboxylic acids is 14. The number of thioether (sulfide) groups is 1. The van der Waals surface area contributed by atoms with Crippen molar-refractivity contribution in [3.05, 3.63) is 138 Å². The molecule has 12 atom stereocenters. The first-order valence-corrected chi connectivity index (χ1v) is 38.9. The number of aliphatic hydroxyl groups excluding tert-OH is 1. The van der Waals surface area contributed by atoms with Crippen molar-refractivity contribution in [1.82, 2.24) is 83.7 Å². The number of unbranched alkanes of at least 4 members (excludes halogenated alkanes) is 2. The van der Waals surface area contributed by atoms with E-state index in [9.17, 15) is 57.8 Å². The summed E-state index contributed by atoms with van der Waals surface area (Å²) in [7, 11) is 0. The van der Waals surface area contributed by atoms with Crippen LogP contribution in [0.3, 0.4) is 0 Å². The van der Waals surface area contributed by atoms with Crippen LogP contribution in [0.1, 0.15) is 108 Å². The Morgan fingerprint density at radius 1 is 0.513 bits per heavy atom. The van der Waals surface area contributed by atoms with Gasteiger partial charge in [-0.1, -0.05) is 133 Å². The van der Waals surface area contributed by atoms with E-state index >= 15 is 14.4 Å². The topological polar surface area (TPSA) is 542 Å². The highest BCUT2D eigenvalue weighted by atomic mass is 32.2. The van der Waals surface area contributed by atoms with E-state index in [1.54, 1.807) is 88.6 Å². The number of hydrogen-bond donors (Lipinski definition) is 19. The molecule has 1 aliphatic rings. The summed E-state index contributed by atoms with van der Waals surface area (Å²) >= 11 is 0.873. The molecule has 0 radical (unpaired) electrons. The summed E-state index contributed by atoms with van der Waals surface area (Å²) < 4.78 is 0. The fourth-order valence-corrected chi connectivity index (χ4v) is 13.9. The minimum absolute atomic E-state index is 0.00794. The predicted octanol–water partition coefficient (Wildman–Crippen LogP) is -0.634. The molecule has 0 unspecified atom stereocenters. The number of aliphatic hydroxyl groups is 1. The third-order valence-electron chi connectivity index (χ3n) is 19.5. The van der Waals surface area contributed by atoms with Crippen LogP contribution >= 0.6 is 11.8 Å². The molecule has 4 heterocycles. The lowest BCUT2D eigenvalue weighted by Gasteiger charge is -2.29. The number of nitrogens with zero attached hydrogens (tertiary/aromatic N) is 1. The molecule has 7 aromatic rings. The number of para-hydroxylation sites is 2. The molecule has 0 saturated carbocycles. The zero-order valence-corrected chi connectivity index (χ0v) is 64.6. The first kappa shape index (κ1) is 86.9. The molecule has 0 bridgehead atoms. The molecule has 4 aromatic carbocycles. The van der Waals surface area contributed by atoms with E-state index in [0.717, 1.165) is 22.5 Å². The number of amides is 14. The summed E-state index contributed by atoms with van der Waals surface area (Å²) in [4.78, 5) is 214. The van der Waals surface area contributed by atoms with Gasteiger partial charge in [-0.2, -0.15) is 0 Å². The van der Waals surface area contributed by atoms with E-state index in [1.165, 1.54) is 12.5 Å². The van der Waals surface area contributed by atoms with Crippen LogP contribution in [-0.4, -0.2) is 205 Å². The number of H-pyrrole nitrogens is 3. The van der Waals surface area contributed by atoms with Gasteiger partial charge in [0, 0.05) is 71.8 Å². The normalized spacial score (nSPS) is 23.1. The fourth-order valence-electron chi connectivity index (χ4n) is 13.0. The number of rotatable bonds is 22. The molecule has 1 fully saturated rings. The maximum Gasteiger partial charge on any atom is 0.245 e. The Morgan fingerprint density at radius 2 is 1.02 bits per heavy atom. The first-order valence-electron chi connectivity index (χ1n) is 37.8. The standard InChI is InChI=1S/C78H103N19O15S/c1-6-8-21-54-70(104)89-55(24-15-16-27-79)71(105)91-58(31-48-35-84-53-23-14-12-20-51(48)53)76(110)96-66(42(3)4)77(111)95-62(68(81)102)39-113-40-65(101)88-56(29-44-25-26-45-17-9-10-18-46(45)28-44)75(109)97-67(43(5)7-2)78(112)94-61(38-98)69(103)85-37-64(100)87-59(32-49-36-82-41-86-49)73(107)93-60(33-63(80)99)74(108)92-57(72(106)90-54)30-47-34-83-52-22-13-11-19-50(47)52/h9-14,17-20,22-23,25-26,28,34-36,41-43,54-62,66-67,83-84,98H,6-8,15-16,21,24,27,29-33,37-40,79H2,1-5H3,(H2,80,99)(H2,81,102)(H,82,86)(H,85,103)(H,87,100)(H,88,101)(H,89,104)(H,90,106)(H,91,105)(H,92,108)(H,93,107)(H,94,112)(H,95,111)(H,96,110)(H,97,109)/t43-,54-,55+,56-,57-,58-,59-,60-,61-,62-,66-,67-/m0/s1. The summed E-state index contributed by atoms with van der Waals surface area (Å²) in [5, 5.41) is 45.2. The molecule has 0 aliphatic carbocycles. The van der Waals surface area contributed by atoms with Crippen LogP contribution in [0.4, 0.5) is 0 Å². The lowest BCUT2D eigenvalue weighted by molar-refractivity contribution is -0.136. The van der Waals surface area contributed by atoms with Crippen molar-refractivity contribution in [3.8, 4) is 0 Å². The Hall–Kier alpha value is -11.7. The average molecular weight is 1580 g/mol. The number of primary amides is 2. The lowest BCUT2D eigenvalue weighted by atomic mass is 9.96. The predicted molar refractivity (Wildman–Crippen MR) is 422 cm³/mol. The average Bonchev–Trinajstić information content (AvgIpc) is 1.80. The summed E-state index contributed by atoms with van der Waals surface area (Å²) in [6.45, 7) is 6.76. The second-order valence-electron chi connectivity index (χ2n) is 28.5. The molecule has 14 amide bonds. The smallest absolute Gasteiger partial charge is 0.245 e. The van der Waals surface area contributed by atoms with Crippen LogP contribution in [-0.2, 0) is 92.8 Å². The molecular weight excluding hydrogens is 1480 g/mol. The summed E-state index contributed by atoms with van der Waals surface area (Å²) in [6, 6.07) is 10.4. The molecule has 113 heavy (non-hydrogen) atoms. The van der Waals surface area contributed by atoms with Crippen LogP contribution in [0.5, 0.6) is 0 Å². The van der Waals surface area contributed by atoms with Crippen LogP contribution in [0.2, 0.25) is 0 Å². The summed E-state index contributed by atoms with van der Waals surface area (Å²) in [6.07, 6.45) is 5.97. The Morgan fingerprint density at radius 3 is 1.58 bits per heavy atom. The van der Waals surface area contributed by atoms with Gasteiger partial charge in [0.25, 0.3) is 0 Å². The van der Waals surface area contributed by atoms with Gasteiger partial charge in [0.2, 0.25) is 82.7 Å². The SMILES string of the molecule is CCCC[C@@H]1NC(=O)[C@H](Cc2c[nH]c3ccccc23)NC(=O)[C@H](CC(N)=O)NC(=O)[C@H](Cc2c[nH]cn2)NC(=O)CNC(=O)[C@H](CO)NC(=O)[C@H]([C@@H](C)CC)NC(=O)[C@H](Cc2ccc3ccccc3c2)NC(=O)CSC[C@@H](C(N)=O)NC(=O)[C@H](C(C)C)NC(=O)[C@H](Cc2c[nH]c3ccccc23)NC(=O)[C@@H](CCCCN)NC1=O. The highest BCUT2D eigenvalue weighted by Crippen LogP contribution is 2.24. The van der Waals surface area contributed by atoms with Crippen molar-refractivity contribution in [3.63, 3.8) is 0 Å². The summed E-state index contributed by atoms with van der Waals surface area (Å²) in [5.41, 5.74) is 20.8. The maximum atomic E-state index is 15.1. The van der Waals surface area contributed by atoms with Crippen LogP contribution in [0.25, 0.3) is 32.6 Å². The minimum atomic E-state index is -1.85. The molecule has 35 heteroatoms. The molecule has 34 nitrogen and oxygen atoms in total. The number of hydrogen-bond acceptors (Lipinski definition) is 18. The number of aromatic nitrogens is 4. The van der Waals surface area contributed by atoms with Crippen molar-refractivity contribution in [2.24, 2.45) is 29.0 Å². The third-order valence-corrected chi connectivity index (χ3v) is 20.6. The van der Waals surface area contributed by atoms with E-state index in [1.807, 2.05) is 49.4 Å². The maximum absolute atomic E-state index is 15.1. The second-order valence-corrected chi connectivity index (χ2v) is 29.5. The van der Waals surface area contributed by atoms with Crippen LogP contribution < -0.4 is 81.0 Å². The van der Waals surface area contributed by atoms with Crippen molar-refractivity contribution < 1.29 is 72.2 Å². The quantitative estimate of drug-likeness (QED) is 0.0376. The van der Waals surface area contributed by atoms with Gasteiger partial charge in [-0.05, 0) is 83.7 Å². The zero-order chi connectivity index (χ0) is 81.8. The van der Waals surface area contributed by atoms with Crippen LogP contribution in [0.15, 0.2) is 116 Å². The highest BCUT2D eigenvalue weighted by molar-refractivity contribution is 8.00. The van der Waals surface area contributed by atoms with Crippen molar-refractivity contribution in [1.29, 1.82) is 0 Å². The van der Waals surface area contributed by atoms with E-state index in [4.69, 9.17) is 17.2 Å². The zero-order valence-electron chi connectivity index (χ0n) is 63.7. The Labute approximate surface area is 656 Å². The largest absolute Gasteiger partial charge is 0.394 e. The number of aromatic amines is 3. The number of carbonyl (C=O) groups is 14.